The number of ketones is 2. The van der Waals surface area contributed by atoms with Gasteiger partial charge in [0.1, 0.15) is 0 Å². The fourth-order valence-corrected chi connectivity index (χ4v) is 6.46. The first-order valence-electron chi connectivity index (χ1n) is 10.3. The van der Waals surface area contributed by atoms with Crippen LogP contribution in [0.25, 0.3) is 0 Å². The van der Waals surface area contributed by atoms with E-state index >= 15 is 0 Å². The fraction of sp³-hybridized carbons (Fsp3) is 0.440. The van der Waals surface area contributed by atoms with Gasteiger partial charge in [0, 0.05) is 22.1 Å². The van der Waals surface area contributed by atoms with Crippen molar-refractivity contribution in [2.75, 3.05) is 0 Å². The van der Waals surface area contributed by atoms with E-state index in [1.165, 1.54) is 19.3 Å². The Balaban J connectivity index is 1.56. The van der Waals surface area contributed by atoms with E-state index in [9.17, 15) is 9.59 Å². The second-order valence-electron chi connectivity index (χ2n) is 9.27. The highest BCUT2D eigenvalue weighted by molar-refractivity contribution is 6.16. The van der Waals surface area contributed by atoms with Crippen molar-refractivity contribution in [1.82, 2.24) is 0 Å². The monoisotopic (exact) mass is 358 g/mol. The first-order chi connectivity index (χ1) is 13.0. The Morgan fingerprint density at radius 3 is 2.00 bits per heavy atom. The maximum Gasteiger partial charge on any atom is 0.193 e. The highest BCUT2D eigenvalue weighted by Crippen LogP contribution is 2.61. The summed E-state index contributed by atoms with van der Waals surface area (Å²) in [4.78, 5) is 27.0. The molecule has 4 bridgehead atoms. The van der Waals surface area contributed by atoms with Gasteiger partial charge in [-0.1, -0.05) is 48.0 Å². The Morgan fingerprint density at radius 2 is 1.41 bits per heavy atom. The second kappa shape index (κ2) is 6.15. The van der Waals surface area contributed by atoms with Crippen molar-refractivity contribution in [2.45, 2.75) is 45.4 Å². The summed E-state index contributed by atoms with van der Waals surface area (Å²) < 4.78 is 0. The van der Waals surface area contributed by atoms with E-state index in [0.717, 1.165) is 42.6 Å². The Bertz CT molecular complexity index is 874. The Kier molecular flexibility index (Phi) is 3.86. The summed E-state index contributed by atoms with van der Waals surface area (Å²) in [7, 11) is 0. The predicted octanol–water partition coefficient (Wildman–Crippen LogP) is 5.63. The van der Waals surface area contributed by atoms with Crippen molar-refractivity contribution in [3.63, 3.8) is 0 Å². The van der Waals surface area contributed by atoms with Crippen LogP contribution in [0.1, 0.15) is 70.4 Å². The number of carbonyl (C=O) groups is 2. The molecule has 6 rings (SSSR count). The number of hydrogen-bond donors (Lipinski definition) is 0. The van der Waals surface area contributed by atoms with E-state index in [4.69, 9.17) is 0 Å². The van der Waals surface area contributed by atoms with Gasteiger partial charge < -0.3 is 0 Å². The van der Waals surface area contributed by atoms with Gasteiger partial charge in [-0.25, -0.2) is 0 Å². The minimum Gasteiger partial charge on any atom is -0.294 e. The van der Waals surface area contributed by atoms with Gasteiger partial charge in [0.25, 0.3) is 0 Å². The van der Waals surface area contributed by atoms with E-state index in [2.05, 4.69) is 0 Å². The molecule has 0 aromatic heterocycles. The number of benzene rings is 2. The van der Waals surface area contributed by atoms with Gasteiger partial charge in [0.2, 0.25) is 0 Å². The number of Topliss-reactive ketones (excluding diaryl/α,β-unsaturated/α-hetero) is 1. The molecule has 0 unspecified atom stereocenters. The van der Waals surface area contributed by atoms with Gasteiger partial charge in [-0.05, 0) is 69.3 Å². The Morgan fingerprint density at radius 1 is 0.815 bits per heavy atom. The van der Waals surface area contributed by atoms with Gasteiger partial charge in [-0.15, -0.1) is 0 Å². The van der Waals surface area contributed by atoms with Gasteiger partial charge in [0.05, 0.1) is 0 Å². The van der Waals surface area contributed by atoms with Gasteiger partial charge in [-0.2, -0.15) is 0 Å². The van der Waals surface area contributed by atoms with Crippen LogP contribution in [-0.2, 0) is 0 Å². The van der Waals surface area contributed by atoms with E-state index in [0.29, 0.717) is 16.7 Å². The van der Waals surface area contributed by atoms with Crippen LogP contribution in [0.4, 0.5) is 0 Å². The summed E-state index contributed by atoms with van der Waals surface area (Å²) in [6.07, 6.45) is 7.04. The predicted molar refractivity (Wildman–Crippen MR) is 106 cm³/mol. The maximum atomic E-state index is 13.8. The molecule has 0 amide bonds. The second-order valence-corrected chi connectivity index (χ2v) is 9.27. The molecule has 0 aliphatic heterocycles. The molecule has 2 aromatic rings. The van der Waals surface area contributed by atoms with Crippen LogP contribution in [0, 0.1) is 30.1 Å². The Hall–Kier alpha value is -2.22. The lowest BCUT2D eigenvalue weighted by Crippen LogP contribution is -2.50. The number of aryl methyl sites for hydroxylation is 1. The summed E-state index contributed by atoms with van der Waals surface area (Å²) in [5.41, 5.74) is 2.70. The first-order valence-corrected chi connectivity index (χ1v) is 10.3. The van der Waals surface area contributed by atoms with E-state index in [1.54, 1.807) is 0 Å². The average molecular weight is 358 g/mol. The number of carbonyl (C=O) groups excluding carboxylic acids is 2. The van der Waals surface area contributed by atoms with Gasteiger partial charge in [0.15, 0.2) is 11.6 Å². The lowest BCUT2D eigenvalue weighted by molar-refractivity contribution is -0.0353. The van der Waals surface area contributed by atoms with Crippen molar-refractivity contribution in [3.8, 4) is 0 Å². The summed E-state index contributed by atoms with van der Waals surface area (Å²) in [5, 5.41) is 0. The molecule has 2 heteroatoms. The highest BCUT2D eigenvalue weighted by atomic mass is 16.1. The number of rotatable bonds is 4. The molecule has 2 aromatic carbocycles. The lowest BCUT2D eigenvalue weighted by Gasteiger charge is -2.56. The van der Waals surface area contributed by atoms with Crippen LogP contribution < -0.4 is 0 Å². The summed E-state index contributed by atoms with van der Waals surface area (Å²) in [6, 6.07) is 15.1. The molecule has 0 saturated heterocycles. The summed E-state index contributed by atoms with van der Waals surface area (Å²) in [5.74, 6) is 2.37. The van der Waals surface area contributed by atoms with Crippen LogP contribution in [-0.4, -0.2) is 11.6 Å². The third-order valence-electron chi connectivity index (χ3n) is 7.22. The molecule has 2 nitrogen and oxygen atoms in total. The molecule has 0 N–H and O–H groups in total. The third-order valence-corrected chi connectivity index (χ3v) is 7.22. The average Bonchev–Trinajstić information content (AvgIpc) is 2.66. The van der Waals surface area contributed by atoms with E-state index < -0.39 is 0 Å². The van der Waals surface area contributed by atoms with E-state index in [1.807, 2.05) is 55.5 Å². The van der Waals surface area contributed by atoms with Crippen LogP contribution in [0.2, 0.25) is 0 Å². The largest absolute Gasteiger partial charge is 0.294 e. The van der Waals surface area contributed by atoms with Crippen molar-refractivity contribution in [2.24, 2.45) is 23.2 Å². The third kappa shape index (κ3) is 2.77. The standard InChI is InChI=1S/C25H26O2/c1-16-7-8-21(22(9-16)23(26)20-5-3-2-4-6-20)24(27)25-13-17-10-18(14-25)12-19(11-17)15-25/h2-9,17-19H,10-15H2,1H3. The molecule has 4 aliphatic rings. The highest BCUT2D eigenvalue weighted by Gasteiger charge is 2.54. The van der Waals surface area contributed by atoms with Crippen molar-refractivity contribution >= 4 is 11.6 Å². The van der Waals surface area contributed by atoms with Crippen molar-refractivity contribution < 1.29 is 9.59 Å². The van der Waals surface area contributed by atoms with Crippen LogP contribution in [0.3, 0.4) is 0 Å². The van der Waals surface area contributed by atoms with Crippen molar-refractivity contribution in [3.05, 3.63) is 70.8 Å². The molecule has 4 saturated carbocycles. The molecular formula is C25H26O2. The molecule has 0 atom stereocenters. The van der Waals surface area contributed by atoms with Crippen LogP contribution in [0.5, 0.6) is 0 Å². The Labute approximate surface area is 161 Å². The van der Waals surface area contributed by atoms with Crippen LogP contribution >= 0.6 is 0 Å². The molecule has 0 radical (unpaired) electrons. The molecule has 27 heavy (non-hydrogen) atoms. The summed E-state index contributed by atoms with van der Waals surface area (Å²) >= 11 is 0. The smallest absolute Gasteiger partial charge is 0.193 e. The van der Waals surface area contributed by atoms with E-state index in [-0.39, 0.29) is 17.0 Å². The maximum absolute atomic E-state index is 13.8. The molecular weight excluding hydrogens is 332 g/mol. The first kappa shape index (κ1) is 16.9. The zero-order valence-corrected chi connectivity index (χ0v) is 15.9. The van der Waals surface area contributed by atoms with Crippen molar-refractivity contribution in [1.29, 1.82) is 0 Å². The van der Waals surface area contributed by atoms with Gasteiger partial charge >= 0.3 is 0 Å². The minimum absolute atomic E-state index is 0.0348. The molecule has 0 spiro atoms. The zero-order valence-electron chi connectivity index (χ0n) is 15.9. The lowest BCUT2D eigenvalue weighted by atomic mass is 9.48. The number of hydrogen-bond acceptors (Lipinski definition) is 2. The summed E-state index contributed by atoms with van der Waals surface area (Å²) in [6.45, 7) is 1.99. The SMILES string of the molecule is Cc1ccc(C(=O)C23CC4CC(CC(C4)C2)C3)c(C(=O)c2ccccc2)c1. The molecule has 138 valence electrons. The zero-order chi connectivity index (χ0) is 18.6. The molecule has 4 aliphatic carbocycles. The minimum atomic E-state index is -0.213. The molecule has 0 heterocycles. The normalized spacial score (nSPS) is 31.1. The quantitative estimate of drug-likeness (QED) is 0.664. The molecule has 4 fully saturated rings. The van der Waals surface area contributed by atoms with Gasteiger partial charge in [-0.3, -0.25) is 9.59 Å². The fourth-order valence-electron chi connectivity index (χ4n) is 6.46. The topological polar surface area (TPSA) is 34.1 Å². The van der Waals surface area contributed by atoms with Crippen LogP contribution in [0.15, 0.2) is 48.5 Å².